The van der Waals surface area contributed by atoms with Gasteiger partial charge in [0.25, 0.3) is 0 Å². The molecular formula is C30H36F7N3O2. The third-order valence-electron chi connectivity index (χ3n) is 8.03. The molecule has 1 aliphatic rings. The third-order valence-corrected chi connectivity index (χ3v) is 8.03. The first-order valence-electron chi connectivity index (χ1n) is 13.8. The molecule has 232 valence electrons. The van der Waals surface area contributed by atoms with Crippen molar-refractivity contribution < 1.29 is 40.3 Å². The van der Waals surface area contributed by atoms with Crippen molar-refractivity contribution >= 4 is 11.8 Å². The molecule has 0 radical (unpaired) electrons. The highest BCUT2D eigenvalue weighted by molar-refractivity contribution is 5.83. The van der Waals surface area contributed by atoms with Crippen molar-refractivity contribution in [3.05, 3.63) is 70.0 Å². The number of carbonyl (C=O) groups is 2. The molecule has 12 heteroatoms. The number of benzene rings is 2. The minimum atomic E-state index is -5.01. The lowest BCUT2D eigenvalue weighted by molar-refractivity contribution is -0.144. The minimum Gasteiger partial charge on any atom is -0.341 e. The van der Waals surface area contributed by atoms with Gasteiger partial charge in [-0.2, -0.15) is 26.3 Å². The lowest BCUT2D eigenvalue weighted by atomic mass is 9.78. The average Bonchev–Trinajstić information content (AvgIpc) is 2.91. The Hall–Kier alpha value is -3.15. The Morgan fingerprint density at radius 3 is 2.05 bits per heavy atom. The maximum Gasteiger partial charge on any atom is 0.416 e. The van der Waals surface area contributed by atoms with E-state index in [-0.39, 0.29) is 37.0 Å². The zero-order valence-corrected chi connectivity index (χ0v) is 24.2. The van der Waals surface area contributed by atoms with Gasteiger partial charge in [0.15, 0.2) is 0 Å². The summed E-state index contributed by atoms with van der Waals surface area (Å²) in [5.41, 5.74) is -2.01. The van der Waals surface area contributed by atoms with Crippen LogP contribution in [0.2, 0.25) is 0 Å². The van der Waals surface area contributed by atoms with Crippen molar-refractivity contribution in [3.63, 3.8) is 0 Å². The van der Waals surface area contributed by atoms with E-state index in [1.54, 1.807) is 17.9 Å². The van der Waals surface area contributed by atoms with Crippen LogP contribution in [0.5, 0.6) is 0 Å². The number of alkyl halides is 6. The van der Waals surface area contributed by atoms with E-state index in [1.165, 1.54) is 19.2 Å². The number of rotatable bonds is 8. The lowest BCUT2D eigenvalue weighted by Crippen LogP contribution is -2.53. The molecule has 2 amide bonds. The SMILES string of the molecule is CCN(CC)C(C)C(=O)N1CC[C@@H](C(=O)N(C)Cc2cc(C(F)(F)F)cc(C(F)(F)F)c2)[C@H](c2ccc(F)cc2C)C1. The number of likely N-dealkylation sites (tertiary alicyclic amines) is 1. The molecular weight excluding hydrogens is 567 g/mol. The van der Waals surface area contributed by atoms with E-state index in [0.717, 1.165) is 4.90 Å². The Morgan fingerprint density at radius 2 is 1.55 bits per heavy atom. The molecule has 1 heterocycles. The van der Waals surface area contributed by atoms with E-state index >= 15 is 0 Å². The third kappa shape index (κ3) is 7.62. The number of aryl methyl sites for hydroxylation is 1. The van der Waals surface area contributed by atoms with Gasteiger partial charge in [0, 0.05) is 38.5 Å². The Balaban J connectivity index is 1.93. The van der Waals surface area contributed by atoms with Gasteiger partial charge in [-0.3, -0.25) is 14.5 Å². The van der Waals surface area contributed by atoms with Crippen LogP contribution in [-0.2, 0) is 28.5 Å². The number of hydrogen-bond acceptors (Lipinski definition) is 3. The number of halogens is 7. The Labute approximate surface area is 241 Å². The van der Waals surface area contributed by atoms with Gasteiger partial charge in [-0.05, 0) is 80.4 Å². The summed E-state index contributed by atoms with van der Waals surface area (Å²) >= 11 is 0. The van der Waals surface area contributed by atoms with Crippen molar-refractivity contribution in [3.8, 4) is 0 Å². The number of hydrogen-bond donors (Lipinski definition) is 0. The number of piperidine rings is 1. The monoisotopic (exact) mass is 603 g/mol. The number of nitrogens with zero attached hydrogens (tertiary/aromatic N) is 3. The lowest BCUT2D eigenvalue weighted by Gasteiger charge is -2.42. The molecule has 0 saturated carbocycles. The predicted molar refractivity (Wildman–Crippen MR) is 144 cm³/mol. The first-order valence-corrected chi connectivity index (χ1v) is 13.8. The zero-order valence-electron chi connectivity index (χ0n) is 24.2. The molecule has 3 rings (SSSR count). The van der Waals surface area contributed by atoms with E-state index in [0.29, 0.717) is 36.3 Å². The molecule has 2 aromatic rings. The molecule has 0 aliphatic carbocycles. The first kappa shape index (κ1) is 33.4. The summed E-state index contributed by atoms with van der Waals surface area (Å²) in [6.07, 6.45) is -9.80. The second-order valence-corrected chi connectivity index (χ2v) is 10.8. The molecule has 1 unspecified atom stereocenters. The van der Waals surface area contributed by atoms with E-state index < -0.39 is 59.6 Å². The van der Waals surface area contributed by atoms with Crippen molar-refractivity contribution in [1.29, 1.82) is 0 Å². The molecule has 42 heavy (non-hydrogen) atoms. The maximum absolute atomic E-state index is 13.9. The molecule has 0 aromatic heterocycles. The second kappa shape index (κ2) is 13.0. The van der Waals surface area contributed by atoms with Crippen LogP contribution >= 0.6 is 0 Å². The summed E-state index contributed by atoms with van der Waals surface area (Å²) in [6, 6.07) is 4.99. The van der Waals surface area contributed by atoms with Gasteiger partial charge < -0.3 is 9.80 Å². The van der Waals surface area contributed by atoms with Crippen LogP contribution in [0.25, 0.3) is 0 Å². The van der Waals surface area contributed by atoms with Gasteiger partial charge in [-0.15, -0.1) is 0 Å². The zero-order chi connectivity index (χ0) is 31.6. The molecule has 1 aliphatic heterocycles. The maximum atomic E-state index is 13.9. The van der Waals surface area contributed by atoms with Gasteiger partial charge in [0.1, 0.15) is 5.82 Å². The summed E-state index contributed by atoms with van der Waals surface area (Å²) in [5, 5.41) is 0. The highest BCUT2D eigenvalue weighted by Gasteiger charge is 2.41. The van der Waals surface area contributed by atoms with Crippen LogP contribution in [0.15, 0.2) is 36.4 Å². The van der Waals surface area contributed by atoms with Gasteiger partial charge >= 0.3 is 12.4 Å². The van der Waals surface area contributed by atoms with E-state index in [1.807, 2.05) is 25.7 Å². The number of carbonyl (C=O) groups excluding carboxylic acids is 2. The van der Waals surface area contributed by atoms with Gasteiger partial charge in [0.05, 0.1) is 17.2 Å². The van der Waals surface area contributed by atoms with Crippen molar-refractivity contribution in [2.24, 2.45) is 5.92 Å². The van der Waals surface area contributed by atoms with E-state index in [2.05, 4.69) is 0 Å². The van der Waals surface area contributed by atoms with Gasteiger partial charge in [-0.1, -0.05) is 19.9 Å². The molecule has 1 fully saturated rings. The fourth-order valence-electron chi connectivity index (χ4n) is 5.76. The largest absolute Gasteiger partial charge is 0.416 e. The van der Waals surface area contributed by atoms with E-state index in [9.17, 15) is 40.3 Å². The standard InChI is InChI=1S/C30H36F7N3O2/c1-6-39(7-2)19(4)27(41)40-11-10-25(26(17-40)24-9-8-23(31)12-18(24)3)28(42)38(5)16-20-13-21(29(32,33)34)15-22(14-20)30(35,36)37/h8-9,12-15,19,25-26H,6-7,10-11,16-17H2,1-5H3/t19?,25-,26+/m1/s1. The molecule has 1 saturated heterocycles. The minimum absolute atomic E-state index is 0.0462. The number of amides is 2. The fraction of sp³-hybridized carbons (Fsp3) is 0.533. The van der Waals surface area contributed by atoms with Crippen LogP contribution < -0.4 is 0 Å². The quantitative estimate of drug-likeness (QED) is 0.324. The first-order chi connectivity index (χ1) is 19.5. The van der Waals surface area contributed by atoms with E-state index in [4.69, 9.17) is 0 Å². The molecule has 2 aromatic carbocycles. The van der Waals surface area contributed by atoms with Crippen LogP contribution in [0.4, 0.5) is 30.7 Å². The Kier molecular flexibility index (Phi) is 10.3. The summed E-state index contributed by atoms with van der Waals surface area (Å²) in [7, 11) is 1.32. The van der Waals surface area contributed by atoms with Crippen LogP contribution in [-0.4, -0.2) is 65.8 Å². The fourth-order valence-corrected chi connectivity index (χ4v) is 5.76. The van der Waals surface area contributed by atoms with Crippen LogP contribution in [0, 0.1) is 18.7 Å². The smallest absolute Gasteiger partial charge is 0.341 e. The topological polar surface area (TPSA) is 43.9 Å². The molecule has 0 N–H and O–H groups in total. The van der Waals surface area contributed by atoms with Crippen molar-refractivity contribution in [1.82, 2.24) is 14.7 Å². The summed E-state index contributed by atoms with van der Waals surface area (Å²) in [4.78, 5) is 31.9. The number of likely N-dealkylation sites (N-methyl/N-ethyl adjacent to an activating group) is 1. The predicted octanol–water partition coefficient (Wildman–Crippen LogP) is 6.49. The normalized spacial score (nSPS) is 18.7. The van der Waals surface area contributed by atoms with Crippen LogP contribution in [0.1, 0.15) is 60.9 Å². The highest BCUT2D eigenvalue weighted by atomic mass is 19.4. The Morgan fingerprint density at radius 1 is 0.976 bits per heavy atom. The molecule has 0 bridgehead atoms. The summed E-state index contributed by atoms with van der Waals surface area (Å²) < 4.78 is 94.2. The molecule has 3 atom stereocenters. The Bertz CT molecular complexity index is 1240. The molecule has 0 spiro atoms. The van der Waals surface area contributed by atoms with Gasteiger partial charge in [-0.25, -0.2) is 4.39 Å². The average molecular weight is 604 g/mol. The highest BCUT2D eigenvalue weighted by Crippen LogP contribution is 2.38. The van der Waals surface area contributed by atoms with Crippen molar-refractivity contribution in [2.45, 2.75) is 65.0 Å². The molecule has 5 nitrogen and oxygen atoms in total. The second-order valence-electron chi connectivity index (χ2n) is 10.8. The van der Waals surface area contributed by atoms with Gasteiger partial charge in [0.2, 0.25) is 11.8 Å². The summed E-state index contributed by atoms with van der Waals surface area (Å²) in [6.45, 7) is 8.62. The van der Waals surface area contributed by atoms with Crippen molar-refractivity contribution in [2.75, 3.05) is 33.2 Å². The van der Waals surface area contributed by atoms with Crippen LogP contribution in [0.3, 0.4) is 0 Å². The summed E-state index contributed by atoms with van der Waals surface area (Å²) in [5.74, 6) is -2.38.